The summed E-state index contributed by atoms with van der Waals surface area (Å²) in [6.07, 6.45) is 5.61. The monoisotopic (exact) mass is 367 g/mol. The Morgan fingerprint density at radius 2 is 1.92 bits per heavy atom. The summed E-state index contributed by atoms with van der Waals surface area (Å²) in [5, 5.41) is 0.611. The van der Waals surface area contributed by atoms with E-state index in [1.807, 2.05) is 18.7 Å². The highest BCUT2D eigenvalue weighted by molar-refractivity contribution is 6.30. The van der Waals surface area contributed by atoms with Crippen molar-refractivity contribution in [3.63, 3.8) is 0 Å². The molecule has 0 aromatic heterocycles. The standard InChI is InChI=1S/C19H26ClNO4/c1-3-21(16-7-5-4-6-8-16)18(22)12-25-19(23)13-24-17-10-9-15(20)11-14(17)2/h9-11,16H,3-8,12-13H2,1-2H3. The number of nitrogens with zero attached hydrogens (tertiary/aromatic N) is 1. The maximum atomic E-state index is 12.3. The molecule has 0 bridgehead atoms. The Morgan fingerprint density at radius 3 is 2.56 bits per heavy atom. The van der Waals surface area contributed by atoms with E-state index in [1.165, 1.54) is 6.42 Å². The van der Waals surface area contributed by atoms with Crippen molar-refractivity contribution < 1.29 is 19.1 Å². The number of carbonyl (C=O) groups is 2. The maximum Gasteiger partial charge on any atom is 0.344 e. The van der Waals surface area contributed by atoms with Crippen LogP contribution in [-0.2, 0) is 14.3 Å². The molecule has 0 atom stereocenters. The molecular formula is C19H26ClNO4. The molecule has 1 aliphatic carbocycles. The SMILES string of the molecule is CCN(C(=O)COC(=O)COc1ccc(Cl)cc1C)C1CCCCC1. The molecule has 1 fully saturated rings. The summed E-state index contributed by atoms with van der Waals surface area (Å²) in [7, 11) is 0. The Hall–Kier alpha value is -1.75. The van der Waals surface area contributed by atoms with Crippen LogP contribution in [0.15, 0.2) is 18.2 Å². The van der Waals surface area contributed by atoms with Gasteiger partial charge in [0.15, 0.2) is 13.2 Å². The van der Waals surface area contributed by atoms with Gasteiger partial charge in [-0.1, -0.05) is 30.9 Å². The molecule has 0 aliphatic heterocycles. The average molecular weight is 368 g/mol. The Bertz CT molecular complexity index is 599. The third-order valence-electron chi connectivity index (χ3n) is 4.52. The lowest BCUT2D eigenvalue weighted by molar-refractivity contribution is -0.154. The normalized spacial score (nSPS) is 14.8. The molecule has 1 aromatic carbocycles. The van der Waals surface area contributed by atoms with Crippen molar-refractivity contribution in [3.05, 3.63) is 28.8 Å². The van der Waals surface area contributed by atoms with Crippen LogP contribution in [0.1, 0.15) is 44.6 Å². The molecule has 25 heavy (non-hydrogen) atoms. The van der Waals surface area contributed by atoms with Crippen LogP contribution in [0, 0.1) is 6.92 Å². The van der Waals surface area contributed by atoms with Crippen LogP contribution >= 0.6 is 11.6 Å². The predicted octanol–water partition coefficient (Wildman–Crippen LogP) is 3.75. The molecule has 0 N–H and O–H groups in total. The lowest BCUT2D eigenvalue weighted by Gasteiger charge is -2.33. The number of hydrogen-bond acceptors (Lipinski definition) is 4. The number of likely N-dealkylation sites (N-methyl/N-ethyl adjacent to an activating group) is 1. The van der Waals surface area contributed by atoms with Crippen LogP contribution in [0.5, 0.6) is 5.75 Å². The third kappa shape index (κ3) is 5.92. The minimum Gasteiger partial charge on any atom is -0.482 e. The van der Waals surface area contributed by atoms with Gasteiger partial charge in [-0.15, -0.1) is 0 Å². The van der Waals surface area contributed by atoms with Gasteiger partial charge in [-0.3, -0.25) is 4.79 Å². The van der Waals surface area contributed by atoms with E-state index in [9.17, 15) is 9.59 Å². The van der Waals surface area contributed by atoms with Gasteiger partial charge < -0.3 is 14.4 Å². The highest BCUT2D eigenvalue weighted by atomic mass is 35.5. The zero-order valence-electron chi connectivity index (χ0n) is 14.9. The third-order valence-corrected chi connectivity index (χ3v) is 4.75. The summed E-state index contributed by atoms with van der Waals surface area (Å²) in [6.45, 7) is 3.99. The summed E-state index contributed by atoms with van der Waals surface area (Å²) < 4.78 is 10.5. The Morgan fingerprint density at radius 1 is 1.20 bits per heavy atom. The molecule has 0 radical (unpaired) electrons. The minimum absolute atomic E-state index is 0.134. The molecule has 0 unspecified atom stereocenters. The molecule has 0 heterocycles. The van der Waals surface area contributed by atoms with Crippen LogP contribution in [0.3, 0.4) is 0 Å². The number of amides is 1. The van der Waals surface area contributed by atoms with Gasteiger partial charge in [0.05, 0.1) is 0 Å². The fourth-order valence-corrected chi connectivity index (χ4v) is 3.44. The maximum absolute atomic E-state index is 12.3. The molecule has 5 nitrogen and oxygen atoms in total. The zero-order chi connectivity index (χ0) is 18.2. The van der Waals surface area contributed by atoms with Crippen LogP contribution in [0.2, 0.25) is 5.02 Å². The second kappa shape index (κ2) is 9.66. The summed E-state index contributed by atoms with van der Waals surface area (Å²) in [4.78, 5) is 26.0. The lowest BCUT2D eigenvalue weighted by Crippen LogP contribution is -2.43. The fraction of sp³-hybridized carbons (Fsp3) is 0.579. The highest BCUT2D eigenvalue weighted by Crippen LogP contribution is 2.23. The van der Waals surface area contributed by atoms with Crippen molar-refractivity contribution in [2.45, 2.75) is 52.0 Å². The van der Waals surface area contributed by atoms with Crippen molar-refractivity contribution in [1.82, 2.24) is 4.90 Å². The van der Waals surface area contributed by atoms with E-state index in [2.05, 4.69) is 0 Å². The molecular weight excluding hydrogens is 342 g/mol. The average Bonchev–Trinajstić information content (AvgIpc) is 2.61. The quantitative estimate of drug-likeness (QED) is 0.689. The Balaban J connectivity index is 1.77. The van der Waals surface area contributed by atoms with Crippen molar-refractivity contribution >= 4 is 23.5 Å². The zero-order valence-corrected chi connectivity index (χ0v) is 15.7. The minimum atomic E-state index is -0.553. The van der Waals surface area contributed by atoms with Gasteiger partial charge in [0, 0.05) is 17.6 Å². The molecule has 6 heteroatoms. The number of rotatable bonds is 7. The molecule has 0 saturated heterocycles. The molecule has 138 valence electrons. The smallest absolute Gasteiger partial charge is 0.344 e. The van der Waals surface area contributed by atoms with Gasteiger partial charge in [0.1, 0.15) is 5.75 Å². The van der Waals surface area contributed by atoms with Crippen LogP contribution in [0.25, 0.3) is 0 Å². The number of aryl methyl sites for hydroxylation is 1. The molecule has 1 amide bonds. The van der Waals surface area contributed by atoms with E-state index in [0.29, 0.717) is 17.3 Å². The number of hydrogen-bond donors (Lipinski definition) is 0. The van der Waals surface area contributed by atoms with Gasteiger partial charge in [-0.2, -0.15) is 0 Å². The van der Waals surface area contributed by atoms with Crippen molar-refractivity contribution in [3.8, 4) is 5.75 Å². The van der Waals surface area contributed by atoms with E-state index in [0.717, 1.165) is 31.2 Å². The van der Waals surface area contributed by atoms with Crippen LogP contribution in [-0.4, -0.2) is 42.6 Å². The number of benzene rings is 1. The molecule has 1 aliphatic rings. The van der Waals surface area contributed by atoms with E-state index < -0.39 is 5.97 Å². The van der Waals surface area contributed by atoms with Crippen molar-refractivity contribution in [1.29, 1.82) is 0 Å². The van der Waals surface area contributed by atoms with Gasteiger partial charge in [-0.25, -0.2) is 4.79 Å². The topological polar surface area (TPSA) is 55.8 Å². The largest absolute Gasteiger partial charge is 0.482 e. The van der Waals surface area contributed by atoms with Gasteiger partial charge in [0.25, 0.3) is 5.91 Å². The second-order valence-electron chi connectivity index (χ2n) is 6.33. The van der Waals surface area contributed by atoms with Crippen LogP contribution < -0.4 is 4.74 Å². The van der Waals surface area contributed by atoms with E-state index in [4.69, 9.17) is 21.1 Å². The first kappa shape index (κ1) is 19.6. The van der Waals surface area contributed by atoms with Crippen molar-refractivity contribution in [2.24, 2.45) is 0 Å². The lowest BCUT2D eigenvalue weighted by atomic mass is 9.94. The summed E-state index contributed by atoms with van der Waals surface area (Å²) >= 11 is 5.88. The highest BCUT2D eigenvalue weighted by Gasteiger charge is 2.24. The molecule has 0 spiro atoms. The molecule has 2 rings (SSSR count). The first-order valence-corrected chi connectivity index (χ1v) is 9.23. The number of esters is 1. The number of ether oxygens (including phenoxy) is 2. The van der Waals surface area contributed by atoms with Gasteiger partial charge in [-0.05, 0) is 50.5 Å². The van der Waals surface area contributed by atoms with Crippen molar-refractivity contribution in [2.75, 3.05) is 19.8 Å². The Kier molecular flexibility index (Phi) is 7.56. The van der Waals surface area contributed by atoms with Gasteiger partial charge >= 0.3 is 5.97 Å². The second-order valence-corrected chi connectivity index (χ2v) is 6.77. The van der Waals surface area contributed by atoms with E-state index >= 15 is 0 Å². The Labute approximate surface area is 154 Å². The molecule has 1 saturated carbocycles. The first-order chi connectivity index (χ1) is 12.0. The van der Waals surface area contributed by atoms with Gasteiger partial charge in [0.2, 0.25) is 0 Å². The number of halogens is 1. The fourth-order valence-electron chi connectivity index (χ4n) is 3.21. The van der Waals surface area contributed by atoms with Crippen LogP contribution in [0.4, 0.5) is 0 Å². The van der Waals surface area contributed by atoms with E-state index in [1.54, 1.807) is 18.2 Å². The first-order valence-electron chi connectivity index (χ1n) is 8.85. The summed E-state index contributed by atoms with van der Waals surface area (Å²) in [5.41, 5.74) is 0.839. The molecule has 1 aromatic rings. The summed E-state index contributed by atoms with van der Waals surface area (Å²) in [6, 6.07) is 5.44. The summed E-state index contributed by atoms with van der Waals surface area (Å²) in [5.74, 6) is -0.113. The number of carbonyl (C=O) groups excluding carboxylic acids is 2. The predicted molar refractivity (Wildman–Crippen MR) is 96.9 cm³/mol. The van der Waals surface area contributed by atoms with E-state index in [-0.39, 0.29) is 25.2 Å².